The lowest BCUT2D eigenvalue weighted by atomic mass is 10.1. The molecule has 0 aromatic heterocycles. The van der Waals surface area contributed by atoms with Crippen LogP contribution in [0.3, 0.4) is 0 Å². The standard InChI is InChI=1S/C15H16N2O3S/c1-11-10-12(8-9-14(11)17-21(2,19)20)15(18)16-13-6-4-3-5-7-13/h3-10,17H,1-2H3,(H,16,18). The zero-order valence-electron chi connectivity index (χ0n) is 11.8. The molecule has 2 aromatic rings. The van der Waals surface area contributed by atoms with Crippen LogP contribution in [0.1, 0.15) is 15.9 Å². The zero-order chi connectivity index (χ0) is 15.5. The van der Waals surface area contributed by atoms with Crippen LogP contribution in [0.4, 0.5) is 11.4 Å². The molecule has 0 bridgehead atoms. The highest BCUT2D eigenvalue weighted by Gasteiger charge is 2.10. The molecule has 5 nitrogen and oxygen atoms in total. The Morgan fingerprint density at radius 3 is 2.29 bits per heavy atom. The van der Waals surface area contributed by atoms with Gasteiger partial charge in [-0.3, -0.25) is 9.52 Å². The minimum Gasteiger partial charge on any atom is -0.322 e. The maximum absolute atomic E-state index is 12.1. The first-order valence-electron chi connectivity index (χ1n) is 6.30. The van der Waals surface area contributed by atoms with E-state index < -0.39 is 10.0 Å². The second-order valence-corrected chi connectivity index (χ2v) is 6.47. The topological polar surface area (TPSA) is 75.3 Å². The van der Waals surface area contributed by atoms with Gasteiger partial charge in [-0.15, -0.1) is 0 Å². The SMILES string of the molecule is Cc1cc(C(=O)Nc2ccccc2)ccc1NS(C)(=O)=O. The molecule has 0 saturated carbocycles. The predicted octanol–water partition coefficient (Wildman–Crippen LogP) is 2.62. The summed E-state index contributed by atoms with van der Waals surface area (Å²) < 4.78 is 24.9. The summed E-state index contributed by atoms with van der Waals surface area (Å²) in [6.07, 6.45) is 1.09. The molecule has 0 atom stereocenters. The molecule has 2 rings (SSSR count). The first-order valence-corrected chi connectivity index (χ1v) is 8.19. The van der Waals surface area contributed by atoms with E-state index in [9.17, 15) is 13.2 Å². The van der Waals surface area contributed by atoms with Gasteiger partial charge in [0.05, 0.1) is 11.9 Å². The van der Waals surface area contributed by atoms with Crippen LogP contribution in [-0.2, 0) is 10.0 Å². The van der Waals surface area contributed by atoms with E-state index in [0.29, 0.717) is 22.5 Å². The Bertz CT molecular complexity index is 756. The molecular formula is C15H16N2O3S. The highest BCUT2D eigenvalue weighted by Crippen LogP contribution is 2.18. The fourth-order valence-electron chi connectivity index (χ4n) is 1.84. The van der Waals surface area contributed by atoms with Crippen LogP contribution in [-0.4, -0.2) is 20.6 Å². The summed E-state index contributed by atoms with van der Waals surface area (Å²) in [5, 5.41) is 2.78. The minimum absolute atomic E-state index is 0.241. The minimum atomic E-state index is -3.33. The van der Waals surface area contributed by atoms with Gasteiger partial charge in [0.2, 0.25) is 10.0 Å². The highest BCUT2D eigenvalue weighted by atomic mass is 32.2. The number of aryl methyl sites for hydroxylation is 1. The van der Waals surface area contributed by atoms with Crippen LogP contribution >= 0.6 is 0 Å². The normalized spacial score (nSPS) is 11.0. The molecule has 0 aliphatic carbocycles. The lowest BCUT2D eigenvalue weighted by Gasteiger charge is -2.10. The number of carbonyl (C=O) groups is 1. The first kappa shape index (κ1) is 15.1. The third-order valence-electron chi connectivity index (χ3n) is 2.82. The summed E-state index contributed by atoms with van der Waals surface area (Å²) in [6, 6.07) is 13.9. The predicted molar refractivity (Wildman–Crippen MR) is 84.0 cm³/mol. The van der Waals surface area contributed by atoms with Crippen molar-refractivity contribution >= 4 is 27.3 Å². The van der Waals surface area contributed by atoms with E-state index in [2.05, 4.69) is 10.0 Å². The Morgan fingerprint density at radius 2 is 1.71 bits per heavy atom. The Morgan fingerprint density at radius 1 is 1.05 bits per heavy atom. The molecule has 2 aromatic carbocycles. The second-order valence-electron chi connectivity index (χ2n) is 4.72. The summed E-state index contributed by atoms with van der Waals surface area (Å²) in [4.78, 5) is 12.1. The number of hydrogen-bond acceptors (Lipinski definition) is 3. The molecule has 110 valence electrons. The third kappa shape index (κ3) is 4.32. The fourth-order valence-corrected chi connectivity index (χ4v) is 2.47. The van der Waals surface area contributed by atoms with Crippen LogP contribution in [0.2, 0.25) is 0 Å². The summed E-state index contributed by atoms with van der Waals surface area (Å²) in [7, 11) is -3.33. The van der Waals surface area contributed by atoms with E-state index >= 15 is 0 Å². The molecule has 0 saturated heterocycles. The summed E-state index contributed by atoms with van der Waals surface area (Å²) in [6.45, 7) is 1.74. The van der Waals surface area contributed by atoms with Crippen molar-refractivity contribution in [2.45, 2.75) is 6.92 Å². The van der Waals surface area contributed by atoms with Crippen LogP contribution in [0.25, 0.3) is 0 Å². The van der Waals surface area contributed by atoms with E-state index in [-0.39, 0.29) is 5.91 Å². The monoisotopic (exact) mass is 304 g/mol. The zero-order valence-corrected chi connectivity index (χ0v) is 12.6. The fraction of sp³-hybridized carbons (Fsp3) is 0.133. The van der Waals surface area contributed by atoms with Gasteiger partial charge in [-0.1, -0.05) is 18.2 Å². The van der Waals surface area contributed by atoms with Gasteiger partial charge in [-0.2, -0.15) is 0 Å². The van der Waals surface area contributed by atoms with E-state index in [1.165, 1.54) is 0 Å². The summed E-state index contributed by atoms with van der Waals surface area (Å²) >= 11 is 0. The number of benzene rings is 2. The van der Waals surface area contributed by atoms with Crippen LogP contribution < -0.4 is 10.0 Å². The van der Waals surface area contributed by atoms with E-state index in [4.69, 9.17) is 0 Å². The van der Waals surface area contributed by atoms with Crippen molar-refractivity contribution in [2.75, 3.05) is 16.3 Å². The van der Waals surface area contributed by atoms with Crippen LogP contribution in [0, 0.1) is 6.92 Å². The van der Waals surface area contributed by atoms with Gasteiger partial charge in [-0.25, -0.2) is 8.42 Å². The maximum Gasteiger partial charge on any atom is 0.255 e. The molecule has 2 N–H and O–H groups in total. The lowest BCUT2D eigenvalue weighted by molar-refractivity contribution is 0.102. The van der Waals surface area contributed by atoms with Crippen molar-refractivity contribution in [2.24, 2.45) is 0 Å². The summed E-state index contributed by atoms with van der Waals surface area (Å²) in [5.41, 5.74) is 2.32. The van der Waals surface area contributed by atoms with Gasteiger partial charge < -0.3 is 5.32 Å². The van der Waals surface area contributed by atoms with Crippen molar-refractivity contribution in [3.8, 4) is 0 Å². The van der Waals surface area contributed by atoms with Crippen molar-refractivity contribution < 1.29 is 13.2 Å². The maximum atomic E-state index is 12.1. The number of amides is 1. The molecular weight excluding hydrogens is 288 g/mol. The number of sulfonamides is 1. The highest BCUT2D eigenvalue weighted by molar-refractivity contribution is 7.92. The lowest BCUT2D eigenvalue weighted by Crippen LogP contribution is -2.14. The molecule has 21 heavy (non-hydrogen) atoms. The molecule has 1 amide bonds. The smallest absolute Gasteiger partial charge is 0.255 e. The van der Waals surface area contributed by atoms with Crippen molar-refractivity contribution in [3.05, 3.63) is 59.7 Å². The Labute approximate surface area is 124 Å². The number of carbonyl (C=O) groups excluding carboxylic acids is 1. The number of hydrogen-bond donors (Lipinski definition) is 2. The largest absolute Gasteiger partial charge is 0.322 e. The Hall–Kier alpha value is -2.34. The van der Waals surface area contributed by atoms with E-state index in [1.807, 2.05) is 18.2 Å². The first-order chi connectivity index (χ1) is 9.85. The van der Waals surface area contributed by atoms with Gasteiger partial charge >= 0.3 is 0 Å². The van der Waals surface area contributed by atoms with Gasteiger partial charge in [0.15, 0.2) is 0 Å². The van der Waals surface area contributed by atoms with Gasteiger partial charge in [0, 0.05) is 11.3 Å². The molecule has 0 radical (unpaired) electrons. The molecule has 0 unspecified atom stereocenters. The van der Waals surface area contributed by atoms with Gasteiger partial charge in [0.1, 0.15) is 0 Å². The van der Waals surface area contributed by atoms with Crippen LogP contribution in [0.5, 0.6) is 0 Å². The average molecular weight is 304 g/mol. The third-order valence-corrected chi connectivity index (χ3v) is 3.41. The number of nitrogens with one attached hydrogen (secondary N) is 2. The second kappa shape index (κ2) is 5.97. The molecule has 6 heteroatoms. The van der Waals surface area contributed by atoms with Gasteiger partial charge in [0.25, 0.3) is 5.91 Å². The number of rotatable bonds is 4. The number of anilines is 2. The molecule has 0 spiro atoms. The molecule has 0 heterocycles. The molecule has 0 fully saturated rings. The number of para-hydroxylation sites is 1. The van der Waals surface area contributed by atoms with Crippen molar-refractivity contribution in [1.82, 2.24) is 0 Å². The molecule has 0 aliphatic heterocycles. The van der Waals surface area contributed by atoms with E-state index in [1.54, 1.807) is 37.3 Å². The quantitative estimate of drug-likeness (QED) is 0.911. The average Bonchev–Trinajstić information content (AvgIpc) is 2.40. The Balaban J connectivity index is 2.18. The summed E-state index contributed by atoms with van der Waals surface area (Å²) in [5.74, 6) is -0.241. The van der Waals surface area contributed by atoms with Crippen molar-refractivity contribution in [3.63, 3.8) is 0 Å². The van der Waals surface area contributed by atoms with E-state index in [0.717, 1.165) is 6.26 Å². The van der Waals surface area contributed by atoms with Gasteiger partial charge in [-0.05, 0) is 42.8 Å². The van der Waals surface area contributed by atoms with Crippen molar-refractivity contribution in [1.29, 1.82) is 0 Å². The Kier molecular flexibility index (Phi) is 4.28. The van der Waals surface area contributed by atoms with Crippen LogP contribution in [0.15, 0.2) is 48.5 Å². The molecule has 0 aliphatic rings.